The number of nitrogens with zero attached hydrogens (tertiary/aromatic N) is 1. The molecule has 0 aliphatic heterocycles. The molecule has 162 valence electrons. The number of aryl methyl sites for hydroxylation is 1. The van der Waals surface area contributed by atoms with Crippen LogP contribution in [0.1, 0.15) is 5.56 Å². The normalized spacial score (nSPS) is 11.1. The number of halogens is 2. The second kappa shape index (κ2) is 9.60. The number of sulfonamides is 1. The van der Waals surface area contributed by atoms with Crippen LogP contribution < -0.4 is 14.4 Å². The molecule has 0 atom stereocenters. The molecule has 0 unspecified atom stereocenters. The van der Waals surface area contributed by atoms with E-state index in [9.17, 15) is 13.2 Å². The van der Waals surface area contributed by atoms with Gasteiger partial charge in [-0.25, -0.2) is 8.42 Å². The fourth-order valence-corrected chi connectivity index (χ4v) is 4.80. The van der Waals surface area contributed by atoms with Crippen molar-refractivity contribution in [2.75, 3.05) is 23.3 Å². The van der Waals surface area contributed by atoms with Crippen LogP contribution in [0.25, 0.3) is 0 Å². The van der Waals surface area contributed by atoms with Crippen molar-refractivity contribution in [2.45, 2.75) is 11.8 Å². The van der Waals surface area contributed by atoms with Crippen molar-refractivity contribution in [1.82, 2.24) is 0 Å². The van der Waals surface area contributed by atoms with Gasteiger partial charge in [-0.1, -0.05) is 40.9 Å². The molecule has 0 aromatic heterocycles. The van der Waals surface area contributed by atoms with Crippen LogP contribution in [0.3, 0.4) is 0 Å². The molecule has 0 saturated carbocycles. The molecule has 0 aliphatic carbocycles. The lowest BCUT2D eigenvalue weighted by Gasteiger charge is -2.24. The van der Waals surface area contributed by atoms with Crippen LogP contribution in [0.15, 0.2) is 71.6 Å². The van der Waals surface area contributed by atoms with E-state index in [1.807, 2.05) is 6.92 Å². The number of amides is 1. The maximum atomic E-state index is 13.4. The molecule has 0 heterocycles. The molecule has 1 N–H and O–H groups in total. The topological polar surface area (TPSA) is 75.7 Å². The van der Waals surface area contributed by atoms with Gasteiger partial charge < -0.3 is 10.1 Å². The minimum Gasteiger partial charge on any atom is -0.497 e. The van der Waals surface area contributed by atoms with E-state index >= 15 is 0 Å². The highest BCUT2D eigenvalue weighted by atomic mass is 35.5. The molecular formula is C22H20Cl2N2O4S. The van der Waals surface area contributed by atoms with Crippen molar-refractivity contribution in [2.24, 2.45) is 0 Å². The third-order valence-corrected chi connectivity index (χ3v) is 6.63. The highest BCUT2D eigenvalue weighted by Gasteiger charge is 2.27. The van der Waals surface area contributed by atoms with Crippen LogP contribution in [0.4, 0.5) is 11.4 Å². The number of hydrogen-bond acceptors (Lipinski definition) is 4. The number of ether oxygens (including phenoxy) is 1. The Morgan fingerprint density at radius 3 is 2.10 bits per heavy atom. The van der Waals surface area contributed by atoms with Gasteiger partial charge in [0.15, 0.2) is 0 Å². The van der Waals surface area contributed by atoms with Gasteiger partial charge in [0.1, 0.15) is 12.3 Å². The predicted octanol–water partition coefficient (Wildman–Crippen LogP) is 5.14. The number of anilines is 2. The van der Waals surface area contributed by atoms with Gasteiger partial charge in [0, 0.05) is 15.7 Å². The molecule has 3 aromatic rings. The lowest BCUT2D eigenvalue weighted by atomic mass is 10.2. The largest absolute Gasteiger partial charge is 0.497 e. The SMILES string of the molecule is COc1ccc(N(CC(=O)Nc2cc(Cl)cc(Cl)c2)S(=O)(=O)c2ccc(C)cc2)cc1. The molecule has 9 heteroatoms. The molecule has 0 fully saturated rings. The molecule has 6 nitrogen and oxygen atoms in total. The first-order chi connectivity index (χ1) is 14.7. The Kier molecular flexibility index (Phi) is 7.10. The molecule has 0 aliphatic rings. The molecule has 3 aromatic carbocycles. The lowest BCUT2D eigenvalue weighted by molar-refractivity contribution is -0.114. The summed E-state index contributed by atoms with van der Waals surface area (Å²) in [6.45, 7) is 1.41. The standard InChI is InChI=1S/C22H20Cl2N2O4S/c1-15-3-9-21(10-4-15)31(28,29)26(19-5-7-20(30-2)8-6-19)14-22(27)25-18-12-16(23)11-17(24)13-18/h3-13H,14H2,1-2H3,(H,25,27). The van der Waals surface area contributed by atoms with Crippen molar-refractivity contribution < 1.29 is 17.9 Å². The molecular weight excluding hydrogens is 459 g/mol. The zero-order valence-corrected chi connectivity index (χ0v) is 19.1. The van der Waals surface area contributed by atoms with Crippen molar-refractivity contribution in [1.29, 1.82) is 0 Å². The highest BCUT2D eigenvalue weighted by Crippen LogP contribution is 2.27. The first-order valence-electron chi connectivity index (χ1n) is 9.18. The Labute approximate surface area is 191 Å². The summed E-state index contributed by atoms with van der Waals surface area (Å²) in [6.07, 6.45) is 0. The van der Waals surface area contributed by atoms with E-state index in [1.54, 1.807) is 36.4 Å². The van der Waals surface area contributed by atoms with Crippen LogP contribution in [0, 0.1) is 6.92 Å². The third kappa shape index (κ3) is 5.70. The maximum Gasteiger partial charge on any atom is 0.264 e. The number of hydrogen-bond donors (Lipinski definition) is 1. The van der Waals surface area contributed by atoms with Gasteiger partial charge in [0.05, 0.1) is 17.7 Å². The minimum atomic E-state index is -4.01. The average molecular weight is 479 g/mol. The van der Waals surface area contributed by atoms with E-state index < -0.39 is 22.5 Å². The fraction of sp³-hybridized carbons (Fsp3) is 0.136. The van der Waals surface area contributed by atoms with Crippen molar-refractivity contribution >= 4 is 50.5 Å². The summed E-state index contributed by atoms with van der Waals surface area (Å²) in [5.41, 5.74) is 1.61. The quantitative estimate of drug-likeness (QED) is 0.509. The second-order valence-corrected chi connectivity index (χ2v) is 9.46. The van der Waals surface area contributed by atoms with E-state index in [1.165, 1.54) is 37.4 Å². The molecule has 0 spiro atoms. The summed E-state index contributed by atoms with van der Waals surface area (Å²) in [5.74, 6) is 0.0132. The first-order valence-corrected chi connectivity index (χ1v) is 11.4. The Balaban J connectivity index is 1.94. The van der Waals surface area contributed by atoms with Gasteiger partial charge in [0.2, 0.25) is 5.91 Å². The van der Waals surface area contributed by atoms with Gasteiger partial charge in [0.25, 0.3) is 10.0 Å². The molecule has 0 radical (unpaired) electrons. The van der Waals surface area contributed by atoms with E-state index in [2.05, 4.69) is 5.32 Å². The van der Waals surface area contributed by atoms with Crippen molar-refractivity contribution in [3.63, 3.8) is 0 Å². The summed E-state index contributed by atoms with van der Waals surface area (Å²) in [5, 5.41) is 3.34. The Hall–Kier alpha value is -2.74. The van der Waals surface area contributed by atoms with Gasteiger partial charge >= 0.3 is 0 Å². The Bertz CT molecular complexity index is 1160. The van der Waals surface area contributed by atoms with Crippen molar-refractivity contribution in [3.05, 3.63) is 82.3 Å². The third-order valence-electron chi connectivity index (χ3n) is 4.40. The Morgan fingerprint density at radius 2 is 1.55 bits per heavy atom. The smallest absolute Gasteiger partial charge is 0.264 e. The number of benzene rings is 3. The number of carbonyl (C=O) groups is 1. The van der Waals surface area contributed by atoms with E-state index in [0.29, 0.717) is 27.2 Å². The van der Waals surface area contributed by atoms with Crippen LogP contribution in [0.2, 0.25) is 10.0 Å². The van der Waals surface area contributed by atoms with Gasteiger partial charge in [-0.2, -0.15) is 0 Å². The monoisotopic (exact) mass is 478 g/mol. The average Bonchev–Trinajstić information content (AvgIpc) is 2.71. The zero-order chi connectivity index (χ0) is 22.6. The van der Waals surface area contributed by atoms with Crippen LogP contribution in [-0.4, -0.2) is 28.0 Å². The maximum absolute atomic E-state index is 13.4. The van der Waals surface area contributed by atoms with E-state index in [0.717, 1.165) is 9.87 Å². The van der Waals surface area contributed by atoms with Crippen LogP contribution in [-0.2, 0) is 14.8 Å². The van der Waals surface area contributed by atoms with Gasteiger partial charge in [-0.05, 0) is 61.5 Å². The number of methoxy groups -OCH3 is 1. The van der Waals surface area contributed by atoms with Crippen LogP contribution >= 0.6 is 23.2 Å². The summed E-state index contributed by atoms with van der Waals surface area (Å²) in [6, 6.07) is 17.4. The van der Waals surface area contributed by atoms with E-state index in [4.69, 9.17) is 27.9 Å². The fourth-order valence-electron chi connectivity index (χ4n) is 2.86. The molecule has 0 saturated heterocycles. The molecule has 0 bridgehead atoms. The molecule has 1 amide bonds. The van der Waals surface area contributed by atoms with Crippen LogP contribution in [0.5, 0.6) is 5.75 Å². The zero-order valence-electron chi connectivity index (χ0n) is 16.8. The predicted molar refractivity (Wildman–Crippen MR) is 124 cm³/mol. The van der Waals surface area contributed by atoms with Gasteiger partial charge in [-0.15, -0.1) is 0 Å². The first kappa shape index (κ1) is 22.9. The highest BCUT2D eigenvalue weighted by molar-refractivity contribution is 7.92. The number of nitrogens with one attached hydrogen (secondary N) is 1. The number of rotatable bonds is 7. The van der Waals surface area contributed by atoms with Gasteiger partial charge in [-0.3, -0.25) is 9.10 Å². The molecule has 31 heavy (non-hydrogen) atoms. The molecule has 3 rings (SSSR count). The second-order valence-electron chi connectivity index (χ2n) is 6.73. The number of carbonyl (C=O) groups excluding carboxylic acids is 1. The van der Waals surface area contributed by atoms with Crippen molar-refractivity contribution in [3.8, 4) is 5.75 Å². The lowest BCUT2D eigenvalue weighted by Crippen LogP contribution is -2.38. The summed E-state index contributed by atoms with van der Waals surface area (Å²) >= 11 is 12.0. The summed E-state index contributed by atoms with van der Waals surface area (Å²) < 4.78 is 32.9. The van der Waals surface area contributed by atoms with E-state index in [-0.39, 0.29) is 4.90 Å². The summed E-state index contributed by atoms with van der Waals surface area (Å²) in [4.78, 5) is 12.8. The Morgan fingerprint density at radius 1 is 0.968 bits per heavy atom. The summed E-state index contributed by atoms with van der Waals surface area (Å²) in [7, 11) is -2.50. The minimum absolute atomic E-state index is 0.0764.